The maximum atomic E-state index is 8.59. The molecule has 0 amide bonds. The summed E-state index contributed by atoms with van der Waals surface area (Å²) in [6, 6.07) is 12.4. The predicted molar refractivity (Wildman–Crippen MR) is 83.5 cm³/mol. The number of nitriles is 2. The van der Waals surface area contributed by atoms with Gasteiger partial charge in [-0.05, 0) is 44.2 Å². The van der Waals surface area contributed by atoms with Gasteiger partial charge in [0, 0.05) is 17.1 Å². The predicted octanol–water partition coefficient (Wildman–Crippen LogP) is 2.65. The number of hydrazone groups is 1. The van der Waals surface area contributed by atoms with E-state index in [1.54, 1.807) is 24.3 Å². The van der Waals surface area contributed by atoms with Crippen molar-refractivity contribution in [3.8, 4) is 12.1 Å². The maximum absolute atomic E-state index is 8.59. The molecule has 7 heteroatoms. The van der Waals surface area contributed by atoms with Gasteiger partial charge in [0.25, 0.3) is 0 Å². The van der Waals surface area contributed by atoms with E-state index >= 15 is 0 Å². The van der Waals surface area contributed by atoms with Crippen LogP contribution < -0.4 is 10.7 Å². The summed E-state index contributed by atoms with van der Waals surface area (Å²) >= 11 is 0. The largest absolute Gasteiger partial charge is 0.324 e. The monoisotopic (exact) mass is 291 g/mol. The smallest absolute Gasteiger partial charge is 0.237 e. The topological polar surface area (TPSA) is 110 Å². The molecular weight excluding hydrogens is 278 g/mol. The number of nitrogens with zero attached hydrogens (tertiary/aromatic N) is 5. The summed E-state index contributed by atoms with van der Waals surface area (Å²) in [4.78, 5) is 8.60. The first-order valence-corrected chi connectivity index (χ1v) is 6.44. The molecule has 0 saturated heterocycles. The summed E-state index contributed by atoms with van der Waals surface area (Å²) in [5.41, 5.74) is 5.67. The number of rotatable bonds is 4. The van der Waals surface area contributed by atoms with E-state index in [0.29, 0.717) is 11.6 Å². The van der Waals surface area contributed by atoms with Gasteiger partial charge in [-0.1, -0.05) is 0 Å². The molecule has 0 aliphatic heterocycles. The van der Waals surface area contributed by atoms with Gasteiger partial charge in [0.2, 0.25) is 11.7 Å². The molecule has 0 aliphatic rings. The van der Waals surface area contributed by atoms with Gasteiger partial charge < -0.3 is 5.32 Å². The van der Waals surface area contributed by atoms with Crippen LogP contribution in [0.25, 0.3) is 0 Å². The normalized spacial score (nSPS) is 9.27. The lowest BCUT2D eigenvalue weighted by atomic mass is 10.3. The summed E-state index contributed by atoms with van der Waals surface area (Å²) < 4.78 is 0. The van der Waals surface area contributed by atoms with E-state index < -0.39 is 0 Å². The van der Waals surface area contributed by atoms with Gasteiger partial charge in [-0.15, -0.1) is 0 Å². The summed E-state index contributed by atoms with van der Waals surface area (Å²) in [6.07, 6.45) is 0. The summed E-state index contributed by atoms with van der Waals surface area (Å²) in [7, 11) is 0. The van der Waals surface area contributed by atoms with Crippen LogP contribution >= 0.6 is 0 Å². The Bertz CT molecular complexity index is 743. The van der Waals surface area contributed by atoms with E-state index in [-0.39, 0.29) is 5.71 Å². The average molecular weight is 291 g/mol. The van der Waals surface area contributed by atoms with Gasteiger partial charge in [-0.3, -0.25) is 5.43 Å². The molecule has 0 fully saturated rings. The van der Waals surface area contributed by atoms with Gasteiger partial charge in [-0.2, -0.15) is 15.6 Å². The molecule has 1 aromatic heterocycles. The van der Waals surface area contributed by atoms with Crippen molar-refractivity contribution in [3.05, 3.63) is 41.7 Å². The first-order valence-electron chi connectivity index (χ1n) is 6.44. The average Bonchev–Trinajstić information content (AvgIpc) is 2.49. The van der Waals surface area contributed by atoms with Crippen LogP contribution in [0.15, 0.2) is 35.4 Å². The lowest BCUT2D eigenvalue weighted by molar-refractivity contribution is 1.06. The number of hydrogen-bond acceptors (Lipinski definition) is 7. The molecule has 2 rings (SSSR count). The van der Waals surface area contributed by atoms with Crippen LogP contribution in [0.3, 0.4) is 0 Å². The fourth-order valence-electron chi connectivity index (χ4n) is 1.73. The number of aromatic nitrogens is 2. The van der Waals surface area contributed by atoms with Crippen LogP contribution in [0.5, 0.6) is 0 Å². The molecule has 0 unspecified atom stereocenters. The molecule has 0 bridgehead atoms. The third-order valence-corrected chi connectivity index (χ3v) is 2.63. The molecule has 0 atom stereocenters. The van der Waals surface area contributed by atoms with Crippen molar-refractivity contribution < 1.29 is 0 Å². The van der Waals surface area contributed by atoms with E-state index in [1.165, 1.54) is 0 Å². The number of aryl methyl sites for hydroxylation is 2. The van der Waals surface area contributed by atoms with Crippen molar-refractivity contribution in [2.75, 3.05) is 10.7 Å². The highest BCUT2D eigenvalue weighted by Gasteiger charge is 2.01. The minimum atomic E-state index is -0.231. The van der Waals surface area contributed by atoms with Crippen LogP contribution in [0, 0.1) is 36.5 Å². The molecule has 1 aromatic carbocycles. The zero-order valence-corrected chi connectivity index (χ0v) is 12.1. The molecule has 2 aromatic rings. The molecular formula is C15H13N7. The Kier molecular flexibility index (Phi) is 4.63. The van der Waals surface area contributed by atoms with E-state index in [4.69, 9.17) is 10.5 Å². The second-order valence-electron chi connectivity index (χ2n) is 4.47. The molecule has 1 heterocycles. The van der Waals surface area contributed by atoms with E-state index in [0.717, 1.165) is 17.1 Å². The van der Waals surface area contributed by atoms with Gasteiger partial charge in [0.1, 0.15) is 12.1 Å². The highest BCUT2D eigenvalue weighted by Crippen LogP contribution is 2.17. The van der Waals surface area contributed by atoms with Crippen molar-refractivity contribution in [3.63, 3.8) is 0 Å². The van der Waals surface area contributed by atoms with E-state index in [2.05, 4.69) is 25.8 Å². The highest BCUT2D eigenvalue weighted by molar-refractivity contribution is 6.10. The number of anilines is 3. The summed E-state index contributed by atoms with van der Waals surface area (Å²) in [5.74, 6) is 0.535. The first-order chi connectivity index (χ1) is 10.6. The van der Waals surface area contributed by atoms with Crippen molar-refractivity contribution in [1.29, 1.82) is 10.5 Å². The lowest BCUT2D eigenvalue weighted by Gasteiger charge is -2.07. The van der Waals surface area contributed by atoms with E-state index in [1.807, 2.05) is 32.0 Å². The molecule has 7 nitrogen and oxygen atoms in total. The molecule has 22 heavy (non-hydrogen) atoms. The second-order valence-corrected chi connectivity index (χ2v) is 4.47. The Balaban J connectivity index is 2.08. The van der Waals surface area contributed by atoms with Crippen molar-refractivity contribution in [2.24, 2.45) is 5.10 Å². The Morgan fingerprint density at radius 2 is 1.55 bits per heavy atom. The van der Waals surface area contributed by atoms with Crippen LogP contribution in [0.2, 0.25) is 0 Å². The maximum Gasteiger partial charge on any atom is 0.237 e. The molecule has 0 radical (unpaired) electrons. The van der Waals surface area contributed by atoms with Gasteiger partial charge in [0.15, 0.2) is 0 Å². The summed E-state index contributed by atoms with van der Waals surface area (Å²) in [5, 5.41) is 24.0. The van der Waals surface area contributed by atoms with Crippen LogP contribution in [0.4, 0.5) is 17.3 Å². The highest BCUT2D eigenvalue weighted by atomic mass is 15.3. The lowest BCUT2D eigenvalue weighted by Crippen LogP contribution is -2.00. The second kappa shape index (κ2) is 6.82. The van der Waals surface area contributed by atoms with Crippen LogP contribution in [0.1, 0.15) is 11.4 Å². The van der Waals surface area contributed by atoms with Crippen molar-refractivity contribution in [2.45, 2.75) is 13.8 Å². The van der Waals surface area contributed by atoms with Crippen molar-refractivity contribution in [1.82, 2.24) is 9.97 Å². The molecule has 0 aliphatic carbocycles. The zero-order chi connectivity index (χ0) is 15.9. The van der Waals surface area contributed by atoms with Gasteiger partial charge in [0.05, 0.1) is 5.69 Å². The fourth-order valence-corrected chi connectivity index (χ4v) is 1.73. The third-order valence-electron chi connectivity index (χ3n) is 2.63. The Labute approximate surface area is 128 Å². The van der Waals surface area contributed by atoms with E-state index in [9.17, 15) is 0 Å². The minimum absolute atomic E-state index is 0.231. The fraction of sp³-hybridized carbons (Fsp3) is 0.133. The van der Waals surface area contributed by atoms with Gasteiger partial charge in [-0.25, -0.2) is 9.97 Å². The standard InChI is InChI=1S/C15H13N7/c1-10-7-11(2)19-15(18-10)20-12-3-5-13(6-4-12)21-22-14(8-16)9-17/h3-7,21H,1-2H3,(H,18,19,20). The first kappa shape index (κ1) is 14.9. The molecule has 108 valence electrons. The third kappa shape index (κ3) is 4.02. The Morgan fingerprint density at radius 3 is 2.09 bits per heavy atom. The molecule has 0 spiro atoms. The van der Waals surface area contributed by atoms with Crippen LogP contribution in [-0.4, -0.2) is 15.7 Å². The van der Waals surface area contributed by atoms with Gasteiger partial charge >= 0.3 is 0 Å². The quantitative estimate of drug-likeness (QED) is 0.662. The molecule has 0 saturated carbocycles. The number of hydrogen-bond donors (Lipinski definition) is 2. The Hall–Kier alpha value is -3.45. The van der Waals surface area contributed by atoms with Crippen molar-refractivity contribution >= 4 is 23.0 Å². The number of benzene rings is 1. The van der Waals surface area contributed by atoms with Crippen LogP contribution in [-0.2, 0) is 0 Å². The molecule has 2 N–H and O–H groups in total. The Morgan fingerprint density at radius 1 is 1.00 bits per heavy atom. The number of nitrogens with one attached hydrogen (secondary N) is 2. The SMILES string of the molecule is Cc1cc(C)nc(Nc2ccc(NN=C(C#N)C#N)cc2)n1. The minimum Gasteiger partial charge on any atom is -0.324 e. The zero-order valence-electron chi connectivity index (χ0n) is 12.1. The summed E-state index contributed by atoms with van der Waals surface area (Å²) in [6.45, 7) is 3.82.